The van der Waals surface area contributed by atoms with Crippen LogP contribution in [0, 0.1) is 11.3 Å². The van der Waals surface area contributed by atoms with Gasteiger partial charge in [-0.05, 0) is 19.4 Å². The van der Waals surface area contributed by atoms with Gasteiger partial charge in [0.05, 0.1) is 11.3 Å². The van der Waals surface area contributed by atoms with Crippen molar-refractivity contribution in [2.24, 2.45) is 11.3 Å². The normalized spacial score (nSPS) is 37.4. The lowest BCUT2D eigenvalue weighted by Crippen LogP contribution is -2.24. The van der Waals surface area contributed by atoms with E-state index in [0.29, 0.717) is 0 Å². The molecule has 14 heavy (non-hydrogen) atoms. The van der Waals surface area contributed by atoms with Crippen molar-refractivity contribution in [3.05, 3.63) is 36.1 Å². The zero-order valence-corrected chi connectivity index (χ0v) is 8.49. The molecule has 1 aliphatic heterocycles. The van der Waals surface area contributed by atoms with Crippen molar-refractivity contribution in [1.29, 1.82) is 0 Å². The Balaban J connectivity index is 2.43. The monoisotopic (exact) mass is 190 g/mol. The molecule has 0 amide bonds. The largest absolute Gasteiger partial charge is 0.430 e. The fourth-order valence-electron chi connectivity index (χ4n) is 2.02. The Morgan fingerprint density at radius 1 is 1.57 bits per heavy atom. The van der Waals surface area contributed by atoms with E-state index in [9.17, 15) is 4.79 Å². The van der Waals surface area contributed by atoms with Crippen molar-refractivity contribution in [2.45, 2.75) is 20.3 Å². The Kier molecular flexibility index (Phi) is 2.06. The second-order valence-electron chi connectivity index (χ2n) is 3.90. The summed E-state index contributed by atoms with van der Waals surface area (Å²) in [6, 6.07) is 0. The lowest BCUT2D eigenvalue weighted by Gasteiger charge is -2.24. The molecule has 0 aromatic heterocycles. The highest BCUT2D eigenvalue weighted by molar-refractivity contribution is 5.81. The number of hydrogen-bond donors (Lipinski definition) is 0. The van der Waals surface area contributed by atoms with Gasteiger partial charge in [-0.15, -0.1) is 0 Å². The molecule has 2 nitrogen and oxygen atoms in total. The number of fused-ring (bicyclic) bond motifs is 1. The van der Waals surface area contributed by atoms with Crippen molar-refractivity contribution in [2.75, 3.05) is 0 Å². The van der Waals surface area contributed by atoms with Gasteiger partial charge in [-0.1, -0.05) is 31.2 Å². The molecule has 0 saturated carbocycles. The third-order valence-corrected chi connectivity index (χ3v) is 2.89. The number of ether oxygens (including phenoxy) is 1. The molecule has 0 aromatic rings. The number of rotatable bonds is 1. The standard InChI is InChI=1S/C12H14O2/c1-3-6-10-12(2)8-5-4-7-9(12)11(13)14-10/h4-9H,3H2,1-2H3/b10-6-. The average molecular weight is 190 g/mol. The molecule has 74 valence electrons. The maximum absolute atomic E-state index is 11.6. The van der Waals surface area contributed by atoms with Crippen LogP contribution in [0.1, 0.15) is 20.3 Å². The molecule has 0 N–H and O–H groups in total. The first-order valence-electron chi connectivity index (χ1n) is 4.97. The van der Waals surface area contributed by atoms with Crippen LogP contribution in [-0.2, 0) is 9.53 Å². The van der Waals surface area contributed by atoms with E-state index in [0.717, 1.165) is 12.2 Å². The summed E-state index contributed by atoms with van der Waals surface area (Å²) in [7, 11) is 0. The summed E-state index contributed by atoms with van der Waals surface area (Å²) in [4.78, 5) is 11.6. The van der Waals surface area contributed by atoms with E-state index in [2.05, 4.69) is 0 Å². The molecule has 1 aliphatic carbocycles. The van der Waals surface area contributed by atoms with Crippen LogP contribution in [0.15, 0.2) is 36.1 Å². The number of hydrogen-bond acceptors (Lipinski definition) is 2. The first-order valence-corrected chi connectivity index (χ1v) is 4.97. The summed E-state index contributed by atoms with van der Waals surface area (Å²) >= 11 is 0. The molecular formula is C12H14O2. The minimum absolute atomic E-state index is 0.132. The number of cyclic esters (lactones) is 1. The summed E-state index contributed by atoms with van der Waals surface area (Å²) in [5.41, 5.74) is -0.248. The number of esters is 1. The number of carbonyl (C=O) groups excluding carboxylic acids is 1. The molecule has 2 heteroatoms. The van der Waals surface area contributed by atoms with Crippen LogP contribution in [0.4, 0.5) is 0 Å². The summed E-state index contributed by atoms with van der Waals surface area (Å²) < 4.78 is 5.27. The highest BCUT2D eigenvalue weighted by Crippen LogP contribution is 2.47. The maximum Gasteiger partial charge on any atom is 0.319 e. The lowest BCUT2D eigenvalue weighted by molar-refractivity contribution is -0.138. The van der Waals surface area contributed by atoms with E-state index in [1.54, 1.807) is 0 Å². The van der Waals surface area contributed by atoms with Crippen LogP contribution in [0.3, 0.4) is 0 Å². The second-order valence-corrected chi connectivity index (χ2v) is 3.90. The molecule has 1 heterocycles. The molecule has 1 saturated heterocycles. The lowest BCUT2D eigenvalue weighted by atomic mass is 9.75. The van der Waals surface area contributed by atoms with Crippen molar-refractivity contribution in [1.82, 2.24) is 0 Å². The van der Waals surface area contributed by atoms with Gasteiger partial charge >= 0.3 is 5.97 Å². The van der Waals surface area contributed by atoms with Gasteiger partial charge < -0.3 is 4.74 Å². The summed E-state index contributed by atoms with van der Waals surface area (Å²) in [5, 5.41) is 0. The van der Waals surface area contributed by atoms with Crippen molar-refractivity contribution in [3.8, 4) is 0 Å². The van der Waals surface area contributed by atoms with Crippen LogP contribution >= 0.6 is 0 Å². The second kappa shape index (κ2) is 3.12. The van der Waals surface area contributed by atoms with E-state index in [1.165, 1.54) is 0 Å². The van der Waals surface area contributed by atoms with Crippen molar-refractivity contribution >= 4 is 5.97 Å². The first-order chi connectivity index (χ1) is 6.68. The average Bonchev–Trinajstić information content (AvgIpc) is 2.40. The molecule has 2 atom stereocenters. The van der Waals surface area contributed by atoms with Crippen LogP contribution in [0.5, 0.6) is 0 Å². The highest BCUT2D eigenvalue weighted by Gasteiger charge is 2.48. The SMILES string of the molecule is CC/C=C1\OC(=O)C2C=CC=CC12C. The molecule has 0 radical (unpaired) electrons. The third kappa shape index (κ3) is 1.14. The number of allylic oxidation sites excluding steroid dienone is 4. The fraction of sp³-hybridized carbons (Fsp3) is 0.417. The quantitative estimate of drug-likeness (QED) is 0.594. The zero-order chi connectivity index (χ0) is 10.2. The Hall–Kier alpha value is -1.31. The van der Waals surface area contributed by atoms with E-state index < -0.39 is 0 Å². The Morgan fingerprint density at radius 2 is 2.36 bits per heavy atom. The molecular weight excluding hydrogens is 176 g/mol. The van der Waals surface area contributed by atoms with Gasteiger partial charge in [-0.25, -0.2) is 0 Å². The Morgan fingerprint density at radius 3 is 3.07 bits per heavy atom. The third-order valence-electron chi connectivity index (χ3n) is 2.89. The fourth-order valence-corrected chi connectivity index (χ4v) is 2.02. The Labute approximate surface area is 83.9 Å². The van der Waals surface area contributed by atoms with Gasteiger partial charge in [0.2, 0.25) is 0 Å². The maximum atomic E-state index is 11.6. The minimum Gasteiger partial charge on any atom is -0.430 e. The smallest absolute Gasteiger partial charge is 0.319 e. The predicted molar refractivity (Wildman–Crippen MR) is 54.3 cm³/mol. The summed E-state index contributed by atoms with van der Waals surface area (Å²) in [6.45, 7) is 4.09. The van der Waals surface area contributed by atoms with Gasteiger partial charge in [0.15, 0.2) is 0 Å². The van der Waals surface area contributed by atoms with Gasteiger partial charge in [-0.2, -0.15) is 0 Å². The molecule has 1 fully saturated rings. The molecule has 0 aromatic carbocycles. The molecule has 0 spiro atoms. The highest BCUT2D eigenvalue weighted by atomic mass is 16.5. The molecule has 2 rings (SSSR count). The van der Waals surface area contributed by atoms with Gasteiger partial charge in [-0.3, -0.25) is 4.79 Å². The summed E-state index contributed by atoms with van der Waals surface area (Å²) in [6.07, 6.45) is 10.7. The topological polar surface area (TPSA) is 26.3 Å². The first kappa shape index (κ1) is 9.25. The van der Waals surface area contributed by atoms with Crippen LogP contribution in [0.2, 0.25) is 0 Å². The van der Waals surface area contributed by atoms with Gasteiger partial charge in [0.25, 0.3) is 0 Å². The zero-order valence-electron chi connectivity index (χ0n) is 8.49. The van der Waals surface area contributed by atoms with Crippen LogP contribution in [0.25, 0.3) is 0 Å². The van der Waals surface area contributed by atoms with E-state index >= 15 is 0 Å². The van der Waals surface area contributed by atoms with E-state index in [-0.39, 0.29) is 17.3 Å². The number of carbonyl (C=O) groups is 1. The van der Waals surface area contributed by atoms with E-state index in [1.807, 2.05) is 44.2 Å². The molecule has 0 bridgehead atoms. The van der Waals surface area contributed by atoms with Crippen LogP contribution in [-0.4, -0.2) is 5.97 Å². The van der Waals surface area contributed by atoms with Crippen LogP contribution < -0.4 is 0 Å². The minimum atomic E-state index is -0.248. The molecule has 2 aliphatic rings. The van der Waals surface area contributed by atoms with E-state index in [4.69, 9.17) is 4.74 Å². The van der Waals surface area contributed by atoms with Crippen molar-refractivity contribution < 1.29 is 9.53 Å². The van der Waals surface area contributed by atoms with Gasteiger partial charge in [0.1, 0.15) is 5.76 Å². The molecule has 2 unspecified atom stereocenters. The van der Waals surface area contributed by atoms with Crippen molar-refractivity contribution in [3.63, 3.8) is 0 Å². The predicted octanol–water partition coefficient (Wildman–Crippen LogP) is 2.59. The van der Waals surface area contributed by atoms with Gasteiger partial charge in [0, 0.05) is 0 Å². The summed E-state index contributed by atoms with van der Waals surface area (Å²) in [5.74, 6) is 0.536. The Bertz CT molecular complexity index is 349.